The van der Waals surface area contributed by atoms with Gasteiger partial charge in [-0.25, -0.2) is 29.9 Å². The second kappa shape index (κ2) is 7.28. The number of hydrogen-bond acceptors (Lipinski definition) is 9. The monoisotopic (exact) mass is 363 g/mol. The molecule has 4 aromatic rings. The maximum atomic E-state index is 5.53. The first-order chi connectivity index (χ1) is 12.8. The van der Waals surface area contributed by atoms with Crippen LogP contribution in [0.15, 0.2) is 65.0 Å². The fourth-order valence-electron chi connectivity index (χ4n) is 2.30. The van der Waals surface area contributed by atoms with Crippen LogP contribution in [0.4, 0.5) is 11.8 Å². The van der Waals surface area contributed by atoms with Gasteiger partial charge < -0.3 is 9.73 Å². The van der Waals surface area contributed by atoms with Crippen LogP contribution in [0.2, 0.25) is 0 Å². The van der Waals surface area contributed by atoms with Gasteiger partial charge in [-0.3, -0.25) is 0 Å². The summed E-state index contributed by atoms with van der Waals surface area (Å²) in [5.41, 5.74) is 2.09. The molecule has 0 radical (unpaired) electrons. The molecule has 4 rings (SSSR count). The second-order valence-corrected chi connectivity index (χ2v) is 5.85. The molecule has 4 aromatic heterocycles. The molecule has 0 unspecified atom stereocenters. The zero-order chi connectivity index (χ0) is 17.8. The van der Waals surface area contributed by atoms with Gasteiger partial charge in [0.1, 0.15) is 17.8 Å². The minimum Gasteiger partial charge on any atom is -0.463 e. The quantitative estimate of drug-likeness (QED) is 0.422. The van der Waals surface area contributed by atoms with Crippen molar-refractivity contribution in [2.75, 3.05) is 11.6 Å². The second-order valence-electron chi connectivity index (χ2n) is 5.08. The summed E-state index contributed by atoms with van der Waals surface area (Å²) in [4.78, 5) is 25.7. The van der Waals surface area contributed by atoms with Crippen molar-refractivity contribution in [3.05, 3.63) is 55.4 Å². The van der Waals surface area contributed by atoms with E-state index in [1.165, 1.54) is 18.1 Å². The van der Waals surface area contributed by atoms with Crippen LogP contribution in [-0.4, -0.2) is 36.2 Å². The highest BCUT2D eigenvalue weighted by atomic mass is 32.2. The highest BCUT2D eigenvalue weighted by Crippen LogP contribution is 2.30. The molecule has 8 nitrogen and oxygen atoms in total. The van der Waals surface area contributed by atoms with Crippen molar-refractivity contribution in [2.45, 2.75) is 5.16 Å². The lowest BCUT2D eigenvalue weighted by molar-refractivity contribution is 0.580. The van der Waals surface area contributed by atoms with Crippen molar-refractivity contribution in [3.63, 3.8) is 0 Å². The smallest absolute Gasteiger partial charge is 0.229 e. The number of aromatic nitrogens is 6. The predicted molar refractivity (Wildman–Crippen MR) is 97.9 cm³/mol. The number of nitrogens with one attached hydrogen (secondary N) is 1. The molecular formula is C17H13N7OS. The standard InChI is InChI=1S/C17H13N7OS/c1-26-17-19-7-5-14(23-17)22-16-20-9-11(12-4-6-18-10-21-12)15(24-16)13-3-2-8-25-13/h2-10H,1H3,(H,19,20,22,23,24). The van der Waals surface area contributed by atoms with E-state index in [1.807, 2.05) is 18.4 Å². The Bertz CT molecular complexity index is 1010. The molecule has 0 aromatic carbocycles. The number of anilines is 2. The topological polar surface area (TPSA) is 103 Å². The summed E-state index contributed by atoms with van der Waals surface area (Å²) in [6, 6.07) is 7.21. The van der Waals surface area contributed by atoms with Gasteiger partial charge in [0.15, 0.2) is 10.9 Å². The van der Waals surface area contributed by atoms with E-state index in [0.29, 0.717) is 34.1 Å². The molecule has 0 aliphatic carbocycles. The Hall–Kier alpha value is -3.33. The highest BCUT2D eigenvalue weighted by Gasteiger charge is 2.15. The van der Waals surface area contributed by atoms with E-state index in [2.05, 4.69) is 35.2 Å². The van der Waals surface area contributed by atoms with E-state index >= 15 is 0 Å². The Kier molecular flexibility index (Phi) is 4.52. The molecule has 0 saturated carbocycles. The summed E-state index contributed by atoms with van der Waals surface area (Å²) in [7, 11) is 0. The number of nitrogens with zero attached hydrogens (tertiary/aromatic N) is 6. The highest BCUT2D eigenvalue weighted by molar-refractivity contribution is 7.98. The zero-order valence-corrected chi connectivity index (χ0v) is 14.5. The lowest BCUT2D eigenvalue weighted by Crippen LogP contribution is -2.02. The summed E-state index contributed by atoms with van der Waals surface area (Å²) in [6.07, 6.45) is 10.1. The summed E-state index contributed by atoms with van der Waals surface area (Å²) in [5, 5.41) is 3.76. The Labute approximate surface area is 153 Å². The van der Waals surface area contributed by atoms with Gasteiger partial charge in [0.25, 0.3) is 0 Å². The lowest BCUT2D eigenvalue weighted by atomic mass is 10.1. The first-order valence-electron chi connectivity index (χ1n) is 7.65. The van der Waals surface area contributed by atoms with Gasteiger partial charge in [-0.2, -0.15) is 0 Å². The molecule has 0 amide bonds. The van der Waals surface area contributed by atoms with Crippen LogP contribution in [0, 0.1) is 0 Å². The van der Waals surface area contributed by atoms with Crippen molar-refractivity contribution in [1.82, 2.24) is 29.9 Å². The molecule has 0 aliphatic rings. The SMILES string of the molecule is CSc1nccc(Nc2ncc(-c3ccncn3)c(-c3ccco3)n2)n1. The van der Waals surface area contributed by atoms with Gasteiger partial charge in [0.05, 0.1) is 12.0 Å². The van der Waals surface area contributed by atoms with Crippen LogP contribution in [0.25, 0.3) is 22.7 Å². The van der Waals surface area contributed by atoms with Crippen LogP contribution in [0.5, 0.6) is 0 Å². The summed E-state index contributed by atoms with van der Waals surface area (Å²) >= 11 is 1.46. The van der Waals surface area contributed by atoms with Crippen molar-refractivity contribution in [1.29, 1.82) is 0 Å². The Morgan fingerprint density at radius 3 is 2.77 bits per heavy atom. The molecule has 0 spiro atoms. The Morgan fingerprint density at radius 2 is 2.00 bits per heavy atom. The minimum absolute atomic E-state index is 0.403. The van der Waals surface area contributed by atoms with E-state index in [9.17, 15) is 0 Å². The molecule has 128 valence electrons. The first kappa shape index (κ1) is 16.2. The largest absolute Gasteiger partial charge is 0.463 e. The van der Waals surface area contributed by atoms with Crippen LogP contribution < -0.4 is 5.32 Å². The third kappa shape index (κ3) is 3.38. The van der Waals surface area contributed by atoms with E-state index < -0.39 is 0 Å². The van der Waals surface area contributed by atoms with Gasteiger partial charge in [0, 0.05) is 24.2 Å². The minimum atomic E-state index is 0.403. The fraction of sp³-hybridized carbons (Fsp3) is 0.0588. The van der Waals surface area contributed by atoms with E-state index in [1.54, 1.807) is 37.0 Å². The maximum absolute atomic E-state index is 5.53. The van der Waals surface area contributed by atoms with Crippen molar-refractivity contribution in [2.24, 2.45) is 0 Å². The molecule has 26 heavy (non-hydrogen) atoms. The molecular weight excluding hydrogens is 350 g/mol. The third-order valence-electron chi connectivity index (χ3n) is 3.46. The molecule has 0 saturated heterocycles. The van der Waals surface area contributed by atoms with E-state index in [0.717, 1.165) is 5.56 Å². The van der Waals surface area contributed by atoms with Crippen molar-refractivity contribution >= 4 is 23.5 Å². The predicted octanol–water partition coefficient (Wildman–Crippen LogP) is 3.45. The average molecular weight is 363 g/mol. The van der Waals surface area contributed by atoms with E-state index in [-0.39, 0.29) is 0 Å². The number of hydrogen-bond donors (Lipinski definition) is 1. The van der Waals surface area contributed by atoms with Crippen LogP contribution in [0.3, 0.4) is 0 Å². The van der Waals surface area contributed by atoms with Crippen LogP contribution >= 0.6 is 11.8 Å². The van der Waals surface area contributed by atoms with Crippen molar-refractivity contribution < 1.29 is 4.42 Å². The Morgan fingerprint density at radius 1 is 1.04 bits per heavy atom. The summed E-state index contributed by atoms with van der Waals surface area (Å²) in [5.74, 6) is 1.64. The molecule has 0 bridgehead atoms. The Balaban J connectivity index is 1.75. The third-order valence-corrected chi connectivity index (χ3v) is 4.02. The van der Waals surface area contributed by atoms with Gasteiger partial charge in [0.2, 0.25) is 5.95 Å². The molecule has 4 heterocycles. The normalized spacial score (nSPS) is 10.7. The molecule has 0 fully saturated rings. The van der Waals surface area contributed by atoms with Crippen LogP contribution in [0.1, 0.15) is 0 Å². The van der Waals surface area contributed by atoms with E-state index in [4.69, 9.17) is 4.42 Å². The van der Waals surface area contributed by atoms with Gasteiger partial charge >= 0.3 is 0 Å². The molecule has 0 aliphatic heterocycles. The fourth-order valence-corrected chi connectivity index (χ4v) is 2.66. The average Bonchev–Trinajstić information content (AvgIpc) is 3.23. The van der Waals surface area contributed by atoms with Gasteiger partial charge in [-0.05, 0) is 30.5 Å². The van der Waals surface area contributed by atoms with Crippen LogP contribution in [-0.2, 0) is 0 Å². The van der Waals surface area contributed by atoms with Gasteiger partial charge in [-0.1, -0.05) is 11.8 Å². The first-order valence-corrected chi connectivity index (χ1v) is 8.87. The summed E-state index contributed by atoms with van der Waals surface area (Å²) < 4.78 is 5.53. The molecule has 1 N–H and O–H groups in total. The number of furan rings is 1. The number of thioether (sulfide) groups is 1. The number of rotatable bonds is 5. The van der Waals surface area contributed by atoms with Crippen molar-refractivity contribution in [3.8, 4) is 22.7 Å². The lowest BCUT2D eigenvalue weighted by Gasteiger charge is -2.09. The molecule has 9 heteroatoms. The maximum Gasteiger partial charge on any atom is 0.229 e. The zero-order valence-electron chi connectivity index (χ0n) is 13.7. The van der Waals surface area contributed by atoms with Gasteiger partial charge in [-0.15, -0.1) is 0 Å². The molecule has 0 atom stereocenters. The summed E-state index contributed by atoms with van der Waals surface area (Å²) in [6.45, 7) is 0.